The number of nitrogens with zero attached hydrogens (tertiary/aromatic N) is 3. The van der Waals surface area contributed by atoms with Crippen LogP contribution in [0.1, 0.15) is 12.6 Å². The lowest BCUT2D eigenvalue weighted by atomic mass is 10.2. The topological polar surface area (TPSA) is 95.6 Å². The van der Waals surface area contributed by atoms with E-state index >= 15 is 0 Å². The van der Waals surface area contributed by atoms with Crippen LogP contribution in [-0.4, -0.2) is 38.4 Å². The van der Waals surface area contributed by atoms with Crippen molar-refractivity contribution in [3.05, 3.63) is 48.5 Å². The molecular formula is C16H18N6O. The van der Waals surface area contributed by atoms with Gasteiger partial charge in [0.2, 0.25) is 11.9 Å². The highest BCUT2D eigenvalue weighted by Crippen LogP contribution is 2.12. The van der Waals surface area contributed by atoms with Gasteiger partial charge < -0.3 is 10.3 Å². The number of carbonyl (C=O) groups excluding carboxylic acids is 1. The molecular weight excluding hydrogens is 292 g/mol. The average molecular weight is 310 g/mol. The monoisotopic (exact) mass is 310 g/mol. The number of fused-ring (bicyclic) bond motifs is 1. The van der Waals surface area contributed by atoms with Gasteiger partial charge in [-0.25, -0.2) is 4.98 Å². The zero-order chi connectivity index (χ0) is 16.1. The van der Waals surface area contributed by atoms with E-state index in [9.17, 15) is 4.79 Å². The Bertz CT molecular complexity index is 752. The molecule has 7 nitrogen and oxygen atoms in total. The van der Waals surface area contributed by atoms with Crippen LogP contribution >= 0.6 is 0 Å². The van der Waals surface area contributed by atoms with Gasteiger partial charge in [0.25, 0.3) is 0 Å². The van der Waals surface area contributed by atoms with Gasteiger partial charge in [0.1, 0.15) is 0 Å². The molecule has 0 fully saturated rings. The van der Waals surface area contributed by atoms with Gasteiger partial charge in [0, 0.05) is 31.1 Å². The molecule has 0 saturated carbocycles. The number of rotatable bonds is 6. The van der Waals surface area contributed by atoms with E-state index in [1.807, 2.05) is 31.2 Å². The van der Waals surface area contributed by atoms with Gasteiger partial charge in [-0.3, -0.25) is 20.1 Å². The van der Waals surface area contributed by atoms with E-state index in [1.54, 1.807) is 18.6 Å². The van der Waals surface area contributed by atoms with Crippen molar-refractivity contribution in [1.29, 1.82) is 0 Å². The van der Waals surface area contributed by atoms with Gasteiger partial charge in [-0.1, -0.05) is 12.1 Å². The smallest absolute Gasteiger partial charge is 0.240 e. The van der Waals surface area contributed by atoms with Crippen molar-refractivity contribution in [3.63, 3.8) is 0 Å². The predicted octanol–water partition coefficient (Wildman–Crippen LogP) is 1.51. The summed E-state index contributed by atoms with van der Waals surface area (Å²) in [5.74, 6) is 0.314. The van der Waals surface area contributed by atoms with E-state index in [0.29, 0.717) is 12.4 Å². The minimum atomic E-state index is -0.143. The molecule has 118 valence electrons. The molecule has 1 aromatic carbocycles. The van der Waals surface area contributed by atoms with E-state index in [0.717, 1.165) is 16.7 Å². The first-order valence-electron chi connectivity index (χ1n) is 7.43. The number of amides is 1. The quantitative estimate of drug-likeness (QED) is 0.641. The summed E-state index contributed by atoms with van der Waals surface area (Å²) in [6.45, 7) is 2.21. The first kappa shape index (κ1) is 15.1. The molecule has 0 saturated heterocycles. The summed E-state index contributed by atoms with van der Waals surface area (Å²) in [7, 11) is 0. The molecule has 7 heteroatoms. The van der Waals surface area contributed by atoms with Crippen molar-refractivity contribution in [1.82, 2.24) is 25.3 Å². The number of hydrogen-bond donors (Lipinski definition) is 3. The number of imidazole rings is 1. The molecule has 1 unspecified atom stereocenters. The molecule has 0 aliphatic rings. The zero-order valence-electron chi connectivity index (χ0n) is 12.8. The summed E-state index contributed by atoms with van der Waals surface area (Å²) in [5, 5.41) is 5.92. The number of benzene rings is 1. The largest absolute Gasteiger partial charge is 0.324 e. The summed E-state index contributed by atoms with van der Waals surface area (Å²) in [6, 6.07) is 7.75. The molecule has 0 aliphatic heterocycles. The minimum Gasteiger partial charge on any atom is -0.324 e. The van der Waals surface area contributed by atoms with Crippen LogP contribution in [0.4, 0.5) is 5.95 Å². The fourth-order valence-electron chi connectivity index (χ4n) is 2.28. The Kier molecular flexibility index (Phi) is 4.58. The Balaban J connectivity index is 1.49. The zero-order valence-corrected chi connectivity index (χ0v) is 12.8. The van der Waals surface area contributed by atoms with Crippen molar-refractivity contribution in [3.8, 4) is 0 Å². The second-order valence-corrected chi connectivity index (χ2v) is 5.33. The van der Waals surface area contributed by atoms with E-state index in [4.69, 9.17) is 0 Å². The number of aromatic nitrogens is 4. The van der Waals surface area contributed by atoms with Crippen LogP contribution in [0.5, 0.6) is 0 Å². The lowest BCUT2D eigenvalue weighted by molar-refractivity contribution is -0.115. The van der Waals surface area contributed by atoms with Crippen molar-refractivity contribution in [2.24, 2.45) is 0 Å². The van der Waals surface area contributed by atoms with Crippen LogP contribution in [0.25, 0.3) is 11.0 Å². The summed E-state index contributed by atoms with van der Waals surface area (Å²) in [4.78, 5) is 27.6. The maximum atomic E-state index is 12.0. The van der Waals surface area contributed by atoms with Crippen molar-refractivity contribution in [2.75, 3.05) is 11.9 Å². The maximum Gasteiger partial charge on any atom is 0.240 e. The van der Waals surface area contributed by atoms with Gasteiger partial charge in [-0.05, 0) is 19.1 Å². The summed E-state index contributed by atoms with van der Waals surface area (Å²) >= 11 is 0. The highest BCUT2D eigenvalue weighted by molar-refractivity contribution is 5.92. The second kappa shape index (κ2) is 6.97. The molecule has 3 rings (SSSR count). The lowest BCUT2D eigenvalue weighted by Gasteiger charge is -2.12. The standard InChI is InChI=1S/C16H18N6O/c1-11(8-12-9-17-6-7-18-12)19-10-15(23)22-16-20-13-4-2-3-5-14(13)21-16/h2-7,9,11,19H,8,10H2,1H3,(H2,20,21,22,23). The van der Waals surface area contributed by atoms with E-state index in [2.05, 4.69) is 30.6 Å². The van der Waals surface area contributed by atoms with Gasteiger partial charge >= 0.3 is 0 Å². The Labute approximate surface area is 133 Å². The predicted molar refractivity (Wildman–Crippen MR) is 87.9 cm³/mol. The van der Waals surface area contributed by atoms with Gasteiger partial charge in [-0.15, -0.1) is 0 Å². The third kappa shape index (κ3) is 4.10. The lowest BCUT2D eigenvalue weighted by Crippen LogP contribution is -2.35. The van der Waals surface area contributed by atoms with Crippen LogP contribution in [0.3, 0.4) is 0 Å². The Hall–Kier alpha value is -2.80. The van der Waals surface area contributed by atoms with Crippen LogP contribution < -0.4 is 10.6 Å². The number of para-hydroxylation sites is 2. The molecule has 0 bridgehead atoms. The third-order valence-electron chi connectivity index (χ3n) is 3.39. The first-order valence-corrected chi connectivity index (χ1v) is 7.43. The number of aromatic amines is 1. The molecule has 23 heavy (non-hydrogen) atoms. The first-order chi connectivity index (χ1) is 11.2. The van der Waals surface area contributed by atoms with Crippen LogP contribution in [0.15, 0.2) is 42.9 Å². The van der Waals surface area contributed by atoms with Gasteiger partial charge in [0.05, 0.1) is 23.3 Å². The highest BCUT2D eigenvalue weighted by atomic mass is 16.2. The number of nitrogens with one attached hydrogen (secondary N) is 3. The molecule has 0 aliphatic carbocycles. The molecule has 1 amide bonds. The van der Waals surface area contributed by atoms with Gasteiger partial charge in [0.15, 0.2) is 0 Å². The highest BCUT2D eigenvalue weighted by Gasteiger charge is 2.09. The fraction of sp³-hybridized carbons (Fsp3) is 0.250. The second-order valence-electron chi connectivity index (χ2n) is 5.33. The molecule has 3 N–H and O–H groups in total. The fourth-order valence-corrected chi connectivity index (χ4v) is 2.28. The molecule has 1 atom stereocenters. The van der Waals surface area contributed by atoms with Crippen LogP contribution in [0, 0.1) is 0 Å². The van der Waals surface area contributed by atoms with E-state index < -0.39 is 0 Å². The Morgan fingerprint density at radius 2 is 2.17 bits per heavy atom. The number of carbonyl (C=O) groups is 1. The SMILES string of the molecule is CC(Cc1cnccn1)NCC(=O)Nc1nc2ccccc2[nH]1. The van der Waals surface area contributed by atoms with Crippen molar-refractivity contribution in [2.45, 2.75) is 19.4 Å². The number of H-pyrrole nitrogens is 1. The summed E-state index contributed by atoms with van der Waals surface area (Å²) in [5.41, 5.74) is 2.61. The summed E-state index contributed by atoms with van der Waals surface area (Å²) in [6.07, 6.45) is 5.75. The van der Waals surface area contributed by atoms with Crippen LogP contribution in [0.2, 0.25) is 0 Å². The van der Waals surface area contributed by atoms with Gasteiger partial charge in [-0.2, -0.15) is 0 Å². The molecule has 2 heterocycles. The molecule has 0 radical (unpaired) electrons. The maximum absolute atomic E-state index is 12.0. The number of anilines is 1. The number of hydrogen-bond acceptors (Lipinski definition) is 5. The molecule has 2 aromatic heterocycles. The van der Waals surface area contributed by atoms with E-state index in [1.165, 1.54) is 0 Å². The molecule has 3 aromatic rings. The average Bonchev–Trinajstić information content (AvgIpc) is 2.96. The summed E-state index contributed by atoms with van der Waals surface area (Å²) < 4.78 is 0. The minimum absolute atomic E-state index is 0.119. The van der Waals surface area contributed by atoms with Crippen molar-refractivity contribution < 1.29 is 4.79 Å². The van der Waals surface area contributed by atoms with Crippen molar-refractivity contribution >= 4 is 22.9 Å². The third-order valence-corrected chi connectivity index (χ3v) is 3.39. The normalized spacial score (nSPS) is 12.2. The Morgan fingerprint density at radius 1 is 1.30 bits per heavy atom. The Morgan fingerprint density at radius 3 is 2.96 bits per heavy atom. The van der Waals surface area contributed by atoms with E-state index in [-0.39, 0.29) is 18.5 Å². The molecule has 0 spiro atoms. The van der Waals surface area contributed by atoms with Crippen LogP contribution in [-0.2, 0) is 11.2 Å².